The van der Waals surface area contributed by atoms with Crippen molar-refractivity contribution in [1.29, 1.82) is 0 Å². The molecule has 0 unspecified atom stereocenters. The number of hydrogen-bond donors (Lipinski definition) is 2. The molecule has 1 saturated heterocycles. The first kappa shape index (κ1) is 23.2. The first-order valence-electron chi connectivity index (χ1n) is 12.6. The van der Waals surface area contributed by atoms with E-state index >= 15 is 0 Å². The van der Waals surface area contributed by atoms with Gasteiger partial charge in [-0.3, -0.25) is 4.79 Å². The molecule has 0 bridgehead atoms. The Morgan fingerprint density at radius 3 is 2.88 bits per heavy atom. The first-order valence-corrected chi connectivity index (χ1v) is 13.4. The van der Waals surface area contributed by atoms with Crippen LogP contribution in [-0.2, 0) is 0 Å². The molecule has 2 aliphatic rings. The Morgan fingerprint density at radius 2 is 2.12 bits per heavy atom. The Morgan fingerprint density at radius 1 is 1.26 bits per heavy atom. The second kappa shape index (κ2) is 10.0. The summed E-state index contributed by atoms with van der Waals surface area (Å²) in [6.07, 6.45) is 6.48. The number of aryl methyl sites for hydroxylation is 1. The lowest BCUT2D eigenvalue weighted by molar-refractivity contribution is 0.0953. The van der Waals surface area contributed by atoms with Crippen molar-refractivity contribution in [3.63, 3.8) is 0 Å². The van der Waals surface area contributed by atoms with E-state index in [0.717, 1.165) is 76.0 Å². The van der Waals surface area contributed by atoms with Gasteiger partial charge in [-0.25, -0.2) is 9.97 Å². The Labute approximate surface area is 206 Å². The number of rotatable bonds is 9. The number of carbonyl (C=O) groups excluding carboxylic acids is 1. The summed E-state index contributed by atoms with van der Waals surface area (Å²) in [4.78, 5) is 25.7. The highest BCUT2D eigenvalue weighted by atomic mass is 32.1. The van der Waals surface area contributed by atoms with Gasteiger partial charge in [-0.1, -0.05) is 19.9 Å². The van der Waals surface area contributed by atoms with Crippen LogP contribution >= 0.6 is 11.3 Å². The molecule has 2 aromatic heterocycles. The Balaban J connectivity index is 1.25. The molecule has 3 heterocycles. The van der Waals surface area contributed by atoms with Crippen LogP contribution in [0.1, 0.15) is 55.5 Å². The Kier molecular flexibility index (Phi) is 6.84. The predicted molar refractivity (Wildman–Crippen MR) is 141 cm³/mol. The van der Waals surface area contributed by atoms with Gasteiger partial charge >= 0.3 is 0 Å². The van der Waals surface area contributed by atoms with E-state index < -0.39 is 0 Å². The summed E-state index contributed by atoms with van der Waals surface area (Å²) in [5.41, 5.74) is 2.73. The van der Waals surface area contributed by atoms with Crippen molar-refractivity contribution in [3.05, 3.63) is 41.6 Å². The van der Waals surface area contributed by atoms with Crippen LogP contribution in [0.4, 0.5) is 5.95 Å². The maximum Gasteiger partial charge on any atom is 0.252 e. The minimum Gasteiger partial charge on any atom is -0.354 e. The van der Waals surface area contributed by atoms with Crippen molar-refractivity contribution in [2.24, 2.45) is 11.8 Å². The normalized spacial score (nSPS) is 18.6. The highest BCUT2D eigenvalue weighted by Gasteiger charge is 2.25. The molecule has 180 valence electrons. The maximum atomic E-state index is 12.7. The zero-order valence-corrected chi connectivity index (χ0v) is 21.3. The van der Waals surface area contributed by atoms with E-state index in [0.29, 0.717) is 12.0 Å². The number of benzene rings is 1. The van der Waals surface area contributed by atoms with Crippen LogP contribution in [0.15, 0.2) is 30.5 Å². The number of likely N-dealkylation sites (tertiary alicyclic amines) is 1. The topological polar surface area (TPSA) is 70.2 Å². The van der Waals surface area contributed by atoms with E-state index in [9.17, 15) is 4.79 Å². The van der Waals surface area contributed by atoms with Crippen LogP contribution in [0.25, 0.3) is 20.7 Å². The van der Waals surface area contributed by atoms with Gasteiger partial charge in [0.1, 0.15) is 0 Å². The second-order valence-corrected chi connectivity index (χ2v) is 11.3. The number of thiophene rings is 1. The number of amides is 1. The van der Waals surface area contributed by atoms with E-state index in [1.54, 1.807) is 11.3 Å². The molecular formula is C27H35N5OS. The van der Waals surface area contributed by atoms with E-state index in [4.69, 9.17) is 4.98 Å². The molecule has 1 aromatic carbocycles. The van der Waals surface area contributed by atoms with Crippen molar-refractivity contribution >= 4 is 33.3 Å². The molecule has 0 spiro atoms. The molecule has 0 radical (unpaired) electrons. The molecule has 1 atom stereocenters. The lowest BCUT2D eigenvalue weighted by Gasteiger charge is -2.17. The van der Waals surface area contributed by atoms with E-state index in [1.165, 1.54) is 19.5 Å². The molecule has 2 N–H and O–H groups in total. The zero-order valence-electron chi connectivity index (χ0n) is 20.4. The second-order valence-electron chi connectivity index (χ2n) is 10.2. The van der Waals surface area contributed by atoms with Gasteiger partial charge < -0.3 is 15.5 Å². The number of hydrogen-bond acceptors (Lipinski definition) is 6. The molecule has 1 saturated carbocycles. The standard InChI is InChI=1S/C27H35N5OS/c1-17(2)19-10-13-32(16-19)12-5-11-28-27-29-15-18(3)25(31-27)24-14-22-21(6-4-7-23(22)34-24)26(33)30-20-8-9-20/h4,6-7,14-15,17,19-20H,5,8-13,16H2,1-3H3,(H,30,33)(H,28,29,31)/t19-/m1/s1. The Bertz CT molecular complexity index is 1170. The first-order chi connectivity index (χ1) is 16.5. The monoisotopic (exact) mass is 477 g/mol. The number of carbonyl (C=O) groups is 1. The number of fused-ring (bicyclic) bond motifs is 1. The molecular weight excluding hydrogens is 442 g/mol. The fourth-order valence-electron chi connectivity index (χ4n) is 4.76. The molecule has 1 amide bonds. The summed E-state index contributed by atoms with van der Waals surface area (Å²) in [6.45, 7) is 11.2. The molecule has 2 fully saturated rings. The number of nitrogens with one attached hydrogen (secondary N) is 2. The molecule has 7 heteroatoms. The lowest BCUT2D eigenvalue weighted by Crippen LogP contribution is -2.25. The van der Waals surface area contributed by atoms with Crippen LogP contribution in [0, 0.1) is 18.8 Å². The highest BCUT2D eigenvalue weighted by molar-refractivity contribution is 7.22. The van der Waals surface area contributed by atoms with Gasteiger partial charge in [0.15, 0.2) is 0 Å². The van der Waals surface area contributed by atoms with Gasteiger partial charge in [0.05, 0.1) is 10.6 Å². The quantitative estimate of drug-likeness (QED) is 0.407. The van der Waals surface area contributed by atoms with Crippen LogP contribution in [0.3, 0.4) is 0 Å². The maximum absolute atomic E-state index is 12.7. The summed E-state index contributed by atoms with van der Waals surface area (Å²) in [7, 11) is 0. The average molecular weight is 478 g/mol. The highest BCUT2D eigenvalue weighted by Crippen LogP contribution is 2.36. The molecule has 1 aliphatic carbocycles. The SMILES string of the molecule is Cc1cnc(NCCCN2CC[C@@H](C(C)C)C2)nc1-c1cc2c(C(=O)NC3CC3)cccc2s1. The lowest BCUT2D eigenvalue weighted by atomic mass is 9.95. The Hall–Kier alpha value is -2.51. The summed E-state index contributed by atoms with van der Waals surface area (Å²) in [5, 5.41) is 7.54. The van der Waals surface area contributed by atoms with Crippen molar-refractivity contribution in [2.45, 2.75) is 52.5 Å². The number of anilines is 1. The zero-order chi connectivity index (χ0) is 23.7. The minimum atomic E-state index is 0.0249. The fraction of sp³-hybridized carbons (Fsp3) is 0.519. The van der Waals surface area contributed by atoms with Gasteiger partial charge in [0.2, 0.25) is 5.95 Å². The van der Waals surface area contributed by atoms with Gasteiger partial charge in [0.25, 0.3) is 5.91 Å². The molecule has 3 aromatic rings. The van der Waals surface area contributed by atoms with Gasteiger partial charge in [-0.05, 0) is 81.3 Å². The van der Waals surface area contributed by atoms with E-state index in [2.05, 4.69) is 46.5 Å². The van der Waals surface area contributed by atoms with Gasteiger partial charge in [-0.15, -0.1) is 11.3 Å². The smallest absolute Gasteiger partial charge is 0.252 e. The van der Waals surface area contributed by atoms with Crippen LogP contribution in [-0.4, -0.2) is 53.0 Å². The van der Waals surface area contributed by atoms with Crippen molar-refractivity contribution in [3.8, 4) is 10.6 Å². The largest absolute Gasteiger partial charge is 0.354 e. The van der Waals surface area contributed by atoms with Crippen LogP contribution < -0.4 is 10.6 Å². The van der Waals surface area contributed by atoms with Gasteiger partial charge in [-0.2, -0.15) is 0 Å². The van der Waals surface area contributed by atoms with E-state index in [1.807, 2.05) is 25.3 Å². The number of aromatic nitrogens is 2. The molecule has 34 heavy (non-hydrogen) atoms. The third kappa shape index (κ3) is 5.26. The van der Waals surface area contributed by atoms with Crippen LogP contribution in [0.2, 0.25) is 0 Å². The van der Waals surface area contributed by atoms with Crippen LogP contribution in [0.5, 0.6) is 0 Å². The molecule has 6 nitrogen and oxygen atoms in total. The predicted octanol–water partition coefficient (Wildman–Crippen LogP) is 5.34. The molecule has 1 aliphatic heterocycles. The molecule has 5 rings (SSSR count). The fourth-order valence-corrected chi connectivity index (χ4v) is 5.90. The summed E-state index contributed by atoms with van der Waals surface area (Å²) >= 11 is 1.68. The average Bonchev–Trinajstić information content (AvgIpc) is 3.32. The van der Waals surface area contributed by atoms with Crippen molar-refractivity contribution < 1.29 is 4.79 Å². The third-order valence-corrected chi connectivity index (χ3v) is 8.22. The summed E-state index contributed by atoms with van der Waals surface area (Å²) < 4.78 is 1.11. The summed E-state index contributed by atoms with van der Waals surface area (Å²) in [5.74, 6) is 2.32. The third-order valence-electron chi connectivity index (χ3n) is 7.11. The van der Waals surface area contributed by atoms with Crippen molar-refractivity contribution in [2.75, 3.05) is 31.5 Å². The van der Waals surface area contributed by atoms with E-state index in [-0.39, 0.29) is 5.91 Å². The van der Waals surface area contributed by atoms with Gasteiger partial charge in [0, 0.05) is 41.0 Å². The number of nitrogens with zero attached hydrogens (tertiary/aromatic N) is 3. The summed E-state index contributed by atoms with van der Waals surface area (Å²) in [6, 6.07) is 8.42. The minimum absolute atomic E-state index is 0.0249. The van der Waals surface area contributed by atoms with Crippen molar-refractivity contribution in [1.82, 2.24) is 20.2 Å².